The first kappa shape index (κ1) is 42.9. The molecule has 2 unspecified atom stereocenters. The molecule has 0 aliphatic carbocycles. The number of carboxylic acid groups (broad SMARTS) is 3. The minimum Gasteiger partial charge on any atom is -0.481 e. The average molecular weight is 673 g/mol. The highest BCUT2D eigenvalue weighted by Crippen LogP contribution is 2.13. The predicted octanol–water partition coefficient (Wildman–Crippen LogP) is -0.685. The number of aliphatic carboxylic acids is 3. The van der Waals surface area contributed by atoms with Gasteiger partial charge in [0.05, 0.1) is 18.9 Å². The van der Waals surface area contributed by atoms with E-state index in [1.807, 2.05) is 6.79 Å². The van der Waals surface area contributed by atoms with E-state index in [1.165, 1.54) is 0 Å². The number of nitrogens with two attached hydrogens (primary N) is 1. The maximum absolute atomic E-state index is 13.4. The van der Waals surface area contributed by atoms with E-state index >= 15 is 0 Å². The Balaban J connectivity index is 0.0000104. The summed E-state index contributed by atoms with van der Waals surface area (Å²) in [4.78, 5) is 94.3. The van der Waals surface area contributed by atoms with E-state index in [9.17, 15) is 33.6 Å². The van der Waals surface area contributed by atoms with Crippen molar-refractivity contribution in [1.29, 1.82) is 0 Å². The van der Waals surface area contributed by atoms with Crippen LogP contribution in [0.25, 0.3) is 0 Å². The van der Waals surface area contributed by atoms with Crippen molar-refractivity contribution in [3.8, 4) is 0 Å². The molecule has 17 nitrogen and oxygen atoms in total. The molecular weight excluding hydrogens is 620 g/mol. The topological polar surface area (TPSA) is 266 Å². The van der Waals surface area contributed by atoms with Gasteiger partial charge in [-0.3, -0.25) is 33.6 Å². The van der Waals surface area contributed by atoms with Crippen LogP contribution >= 0.6 is 0 Å². The highest BCUT2D eigenvalue weighted by molar-refractivity contribution is 5.89. The van der Waals surface area contributed by atoms with Gasteiger partial charge in [0.25, 0.3) is 0 Å². The Kier molecular flexibility index (Phi) is 23.7. The number of rotatable bonds is 24. The zero-order chi connectivity index (χ0) is 35.6. The van der Waals surface area contributed by atoms with E-state index in [-0.39, 0.29) is 76.0 Å². The number of unbranched alkanes of at least 4 members (excludes halogenated alkanes) is 3. The molecule has 0 aromatic rings. The molecule has 1 rings (SSSR count). The lowest BCUT2D eigenvalue weighted by Crippen LogP contribution is -2.58. The number of carboxylic acids is 3. The average Bonchev–Trinajstić information content (AvgIpc) is 3.05. The van der Waals surface area contributed by atoms with Gasteiger partial charge in [0.1, 0.15) is 12.8 Å². The van der Waals surface area contributed by atoms with Crippen LogP contribution in [-0.2, 0) is 38.4 Å². The first-order valence-corrected chi connectivity index (χ1v) is 16.0. The van der Waals surface area contributed by atoms with Crippen molar-refractivity contribution < 1.29 is 53.7 Å². The summed E-state index contributed by atoms with van der Waals surface area (Å²) in [5.41, 5.74) is 5.60. The monoisotopic (exact) mass is 672 g/mol. The van der Waals surface area contributed by atoms with Crippen LogP contribution in [0.1, 0.15) is 83.5 Å². The van der Waals surface area contributed by atoms with E-state index < -0.39 is 35.9 Å². The smallest absolute Gasteiger partial charge is 0.303 e. The molecule has 1 saturated heterocycles. The summed E-state index contributed by atoms with van der Waals surface area (Å²) in [5.74, 6) is -4.43. The van der Waals surface area contributed by atoms with Gasteiger partial charge in [-0.25, -0.2) is 0 Å². The van der Waals surface area contributed by atoms with Gasteiger partial charge in [-0.2, -0.15) is 0 Å². The Labute approximate surface area is 275 Å². The van der Waals surface area contributed by atoms with Crippen molar-refractivity contribution in [3.05, 3.63) is 0 Å². The lowest BCUT2D eigenvalue weighted by Gasteiger charge is -2.38. The van der Waals surface area contributed by atoms with Gasteiger partial charge in [0.2, 0.25) is 23.6 Å². The number of hydrogen-bond acceptors (Lipinski definition) is 10. The predicted molar refractivity (Wildman–Crippen MR) is 169 cm³/mol. The first-order valence-electron chi connectivity index (χ1n) is 16.0. The molecule has 1 fully saturated rings. The molecule has 17 heteroatoms. The third-order valence-electron chi connectivity index (χ3n) is 7.36. The van der Waals surface area contributed by atoms with Gasteiger partial charge in [0, 0.05) is 52.0 Å². The van der Waals surface area contributed by atoms with Crippen molar-refractivity contribution in [2.24, 2.45) is 5.73 Å². The number of nitrogens with zero attached hydrogens (tertiary/aromatic N) is 2. The second-order valence-electron chi connectivity index (χ2n) is 11.0. The van der Waals surface area contributed by atoms with Crippen LogP contribution in [0, 0.1) is 0 Å². The van der Waals surface area contributed by atoms with Crippen LogP contribution in [0.15, 0.2) is 0 Å². The molecule has 0 aromatic carbocycles. The second kappa shape index (κ2) is 26.0. The van der Waals surface area contributed by atoms with Gasteiger partial charge < -0.3 is 51.6 Å². The summed E-state index contributed by atoms with van der Waals surface area (Å²) in [6.45, 7) is 4.31. The van der Waals surface area contributed by atoms with Gasteiger partial charge in [-0.05, 0) is 45.2 Å². The Morgan fingerprint density at radius 3 is 1.62 bits per heavy atom. The van der Waals surface area contributed by atoms with Crippen LogP contribution in [0.4, 0.5) is 0 Å². The highest BCUT2D eigenvalue weighted by Gasteiger charge is 2.32. The molecule has 0 spiro atoms. The number of amides is 4. The molecule has 2 atom stereocenters. The molecular formula is C30H52N6O11. The van der Waals surface area contributed by atoms with Crippen molar-refractivity contribution >= 4 is 48.3 Å². The van der Waals surface area contributed by atoms with Crippen LogP contribution in [0.5, 0.6) is 0 Å². The van der Waals surface area contributed by atoms with Crippen LogP contribution < -0.4 is 21.7 Å². The number of carbonyl (C=O) groups is 8. The molecule has 0 radical (unpaired) electrons. The maximum atomic E-state index is 13.4. The quantitative estimate of drug-likeness (QED) is 0.0627. The molecule has 1 aliphatic heterocycles. The summed E-state index contributed by atoms with van der Waals surface area (Å²) in [5, 5.41) is 34.9. The Bertz CT molecular complexity index is 1000. The number of piperazine rings is 1. The van der Waals surface area contributed by atoms with Gasteiger partial charge in [-0.15, -0.1) is 0 Å². The number of nitrogens with one attached hydrogen (secondary N) is 3. The molecule has 1 heterocycles. The minimum absolute atomic E-state index is 0.00330. The van der Waals surface area contributed by atoms with E-state index in [0.29, 0.717) is 58.2 Å². The van der Waals surface area contributed by atoms with Crippen molar-refractivity contribution in [3.63, 3.8) is 0 Å². The van der Waals surface area contributed by atoms with Crippen LogP contribution in [0.2, 0.25) is 0 Å². The van der Waals surface area contributed by atoms with Crippen LogP contribution in [-0.4, -0.2) is 131 Å². The van der Waals surface area contributed by atoms with Crippen molar-refractivity contribution in [1.82, 2.24) is 25.8 Å². The molecule has 1 aliphatic rings. The van der Waals surface area contributed by atoms with E-state index in [2.05, 4.69) is 16.0 Å². The molecule has 4 amide bonds. The van der Waals surface area contributed by atoms with Gasteiger partial charge >= 0.3 is 17.9 Å². The summed E-state index contributed by atoms with van der Waals surface area (Å²) in [6.07, 6.45) is 3.48. The lowest BCUT2D eigenvalue weighted by molar-refractivity contribution is -0.143. The van der Waals surface area contributed by atoms with Gasteiger partial charge in [-0.1, -0.05) is 19.3 Å². The molecule has 0 saturated carbocycles. The van der Waals surface area contributed by atoms with E-state index in [4.69, 9.17) is 25.8 Å². The second-order valence-corrected chi connectivity index (χ2v) is 11.0. The molecule has 0 aromatic heterocycles. The first-order chi connectivity index (χ1) is 22.4. The van der Waals surface area contributed by atoms with E-state index in [1.54, 1.807) is 9.80 Å². The maximum Gasteiger partial charge on any atom is 0.303 e. The van der Waals surface area contributed by atoms with E-state index in [0.717, 1.165) is 12.8 Å². The fourth-order valence-corrected chi connectivity index (χ4v) is 4.84. The Hall–Kier alpha value is -4.12. The SMILES string of the molecule is C=O.NCCCCC(NCCCC(=O)O)C(=O)N1CCN(C(=O)C(CCCCCNC(=O)CCC(=O)O)NC(=O)CCC(=O)O)CC1. The fourth-order valence-electron chi connectivity index (χ4n) is 4.84. The zero-order valence-corrected chi connectivity index (χ0v) is 27.1. The third kappa shape index (κ3) is 20.6. The van der Waals surface area contributed by atoms with Gasteiger partial charge in [0.15, 0.2) is 0 Å². The van der Waals surface area contributed by atoms with Crippen molar-refractivity contribution in [2.75, 3.05) is 45.8 Å². The summed E-state index contributed by atoms with van der Waals surface area (Å²) >= 11 is 0. The summed E-state index contributed by atoms with van der Waals surface area (Å²) in [6, 6.07) is -1.37. The minimum atomic E-state index is -1.13. The summed E-state index contributed by atoms with van der Waals surface area (Å²) < 4.78 is 0. The lowest BCUT2D eigenvalue weighted by atomic mass is 10.0. The highest BCUT2D eigenvalue weighted by atomic mass is 16.4. The molecule has 8 N–H and O–H groups in total. The van der Waals surface area contributed by atoms with Crippen molar-refractivity contribution in [2.45, 2.75) is 95.6 Å². The number of hydrogen-bond donors (Lipinski definition) is 7. The fraction of sp³-hybridized carbons (Fsp3) is 0.733. The van der Waals surface area contributed by atoms with Crippen LogP contribution in [0.3, 0.4) is 0 Å². The molecule has 47 heavy (non-hydrogen) atoms. The zero-order valence-electron chi connectivity index (χ0n) is 27.1. The Morgan fingerprint density at radius 1 is 0.596 bits per heavy atom. The standard InChI is InChI=1S/C29H50N6O10.CH2O/c30-14-4-3-7-21(31-16-6-9-25(38)39)28(44)34-17-19-35(20-18-34)29(45)22(33-24(37)11-13-27(42)43)8-2-1-5-15-32-23(36)10-12-26(40)41;1-2/h21-22,31H,1-20,30H2,(H,32,36)(H,33,37)(H,38,39)(H,40,41)(H,42,43);1H2. The Morgan fingerprint density at radius 2 is 1.09 bits per heavy atom. The summed E-state index contributed by atoms with van der Waals surface area (Å²) in [7, 11) is 0. The molecule has 0 bridgehead atoms. The normalized spacial score (nSPS) is 13.8. The third-order valence-corrected chi connectivity index (χ3v) is 7.36. The largest absolute Gasteiger partial charge is 0.481 e. The number of carbonyl (C=O) groups excluding carboxylic acids is 5. The molecule has 268 valence electrons.